The van der Waals surface area contributed by atoms with Crippen molar-refractivity contribution in [1.29, 1.82) is 0 Å². The van der Waals surface area contributed by atoms with Crippen molar-refractivity contribution in [2.45, 2.75) is 9.96 Å². The second-order valence-electron chi connectivity index (χ2n) is 4.92. The summed E-state index contributed by atoms with van der Waals surface area (Å²) in [6.07, 6.45) is -1.03. The van der Waals surface area contributed by atoms with Crippen molar-refractivity contribution in [3.05, 3.63) is 64.6 Å². The standard InChI is InChI=1S/C16H13BrCl3N3OS/c17-11-6-8-12(9-7-11)21-15(25)23-14(16(18,19)20)22-13(24)10-4-2-1-3-5-10/h1-9,14H,(H,22,24)(H2,21,23,25)/t14-/m1/s1. The molecule has 132 valence electrons. The van der Waals surface area contributed by atoms with E-state index in [0.717, 1.165) is 10.2 Å². The van der Waals surface area contributed by atoms with E-state index in [-0.39, 0.29) is 5.11 Å². The molecule has 0 heterocycles. The van der Waals surface area contributed by atoms with E-state index >= 15 is 0 Å². The Bertz CT molecular complexity index is 739. The normalized spacial score (nSPS) is 12.2. The van der Waals surface area contributed by atoms with E-state index in [1.165, 1.54) is 0 Å². The minimum atomic E-state index is -1.81. The van der Waals surface area contributed by atoms with E-state index in [1.807, 2.05) is 24.3 Å². The Hall–Kier alpha value is -1.05. The molecule has 0 radical (unpaired) electrons. The lowest BCUT2D eigenvalue weighted by molar-refractivity contribution is 0.0934. The fraction of sp³-hybridized carbons (Fsp3) is 0.125. The van der Waals surface area contributed by atoms with Gasteiger partial charge in [-0.2, -0.15) is 0 Å². The maximum atomic E-state index is 12.3. The Morgan fingerprint density at radius 2 is 1.60 bits per heavy atom. The number of halogens is 4. The molecule has 4 nitrogen and oxygen atoms in total. The summed E-state index contributed by atoms with van der Waals surface area (Å²) in [4.78, 5) is 12.3. The predicted octanol–water partition coefficient (Wildman–Crippen LogP) is 4.86. The van der Waals surface area contributed by atoms with Gasteiger partial charge >= 0.3 is 0 Å². The van der Waals surface area contributed by atoms with Crippen molar-refractivity contribution in [1.82, 2.24) is 10.6 Å². The summed E-state index contributed by atoms with van der Waals surface area (Å²) in [5, 5.41) is 8.58. The maximum Gasteiger partial charge on any atom is 0.252 e. The van der Waals surface area contributed by atoms with Gasteiger partial charge in [-0.15, -0.1) is 0 Å². The highest BCUT2D eigenvalue weighted by Gasteiger charge is 2.34. The third-order valence-electron chi connectivity index (χ3n) is 3.02. The predicted molar refractivity (Wildman–Crippen MR) is 111 cm³/mol. The summed E-state index contributed by atoms with van der Waals surface area (Å²) in [6.45, 7) is 0. The highest BCUT2D eigenvalue weighted by molar-refractivity contribution is 9.10. The molecule has 0 unspecified atom stereocenters. The molecule has 25 heavy (non-hydrogen) atoms. The quantitative estimate of drug-likeness (QED) is 0.332. The smallest absolute Gasteiger partial charge is 0.252 e. The largest absolute Gasteiger partial charge is 0.339 e. The van der Waals surface area contributed by atoms with Crippen LogP contribution in [-0.4, -0.2) is 21.0 Å². The summed E-state index contributed by atoms with van der Waals surface area (Å²) >= 11 is 26.4. The topological polar surface area (TPSA) is 53.2 Å². The second kappa shape index (κ2) is 9.05. The Kier molecular flexibility index (Phi) is 7.34. The zero-order chi connectivity index (χ0) is 18.4. The molecule has 0 aliphatic carbocycles. The SMILES string of the molecule is O=C(N[C@H](NC(=S)Nc1ccc(Br)cc1)C(Cl)(Cl)Cl)c1ccccc1. The summed E-state index contributed by atoms with van der Waals surface area (Å²) in [6, 6.07) is 16.0. The van der Waals surface area contributed by atoms with Gasteiger partial charge in [0.1, 0.15) is 6.17 Å². The van der Waals surface area contributed by atoms with E-state index < -0.39 is 15.9 Å². The number of amides is 1. The third-order valence-corrected chi connectivity index (χ3v) is 4.42. The van der Waals surface area contributed by atoms with Crippen molar-refractivity contribution < 1.29 is 4.79 Å². The average Bonchev–Trinajstić information content (AvgIpc) is 2.56. The van der Waals surface area contributed by atoms with Gasteiger partial charge in [0.05, 0.1) is 0 Å². The molecule has 1 atom stereocenters. The molecule has 0 aromatic heterocycles. The first-order valence-electron chi connectivity index (χ1n) is 7.01. The van der Waals surface area contributed by atoms with Crippen molar-refractivity contribution in [3.8, 4) is 0 Å². The molecule has 2 aromatic rings. The number of hydrogen-bond donors (Lipinski definition) is 3. The molecule has 0 bridgehead atoms. The molecule has 0 aliphatic heterocycles. The first-order valence-corrected chi connectivity index (χ1v) is 9.35. The number of thiocarbonyl (C=S) groups is 1. The molecule has 2 rings (SSSR count). The van der Waals surface area contributed by atoms with Gasteiger partial charge in [-0.05, 0) is 48.6 Å². The van der Waals surface area contributed by atoms with Gasteiger partial charge in [-0.25, -0.2) is 0 Å². The molecule has 0 saturated heterocycles. The Balaban J connectivity index is 2.03. The van der Waals surface area contributed by atoms with Gasteiger partial charge in [0.15, 0.2) is 5.11 Å². The van der Waals surface area contributed by atoms with Gasteiger partial charge in [0.25, 0.3) is 5.91 Å². The molecule has 1 amide bonds. The Morgan fingerprint density at radius 1 is 1.00 bits per heavy atom. The zero-order valence-corrected chi connectivity index (χ0v) is 17.3. The molecule has 9 heteroatoms. The van der Waals surface area contributed by atoms with E-state index in [4.69, 9.17) is 47.0 Å². The summed E-state index contributed by atoms with van der Waals surface area (Å²) in [5.41, 5.74) is 1.19. The van der Waals surface area contributed by atoms with Crippen LogP contribution in [0.15, 0.2) is 59.1 Å². The van der Waals surface area contributed by atoms with Crippen LogP contribution in [0.4, 0.5) is 5.69 Å². The highest BCUT2D eigenvalue weighted by atomic mass is 79.9. The molecule has 0 fully saturated rings. The van der Waals surface area contributed by atoms with Crippen molar-refractivity contribution >= 4 is 79.7 Å². The van der Waals surface area contributed by atoms with E-state index in [2.05, 4.69) is 31.9 Å². The molecule has 3 N–H and O–H groups in total. The van der Waals surface area contributed by atoms with Crippen LogP contribution in [0.2, 0.25) is 0 Å². The average molecular weight is 482 g/mol. The minimum absolute atomic E-state index is 0.201. The monoisotopic (exact) mass is 479 g/mol. The summed E-state index contributed by atoms with van der Waals surface area (Å²) in [5.74, 6) is -0.393. The molecular weight excluding hydrogens is 469 g/mol. The Labute approximate surface area is 174 Å². The lowest BCUT2D eigenvalue weighted by Crippen LogP contribution is -2.56. The molecule has 2 aromatic carbocycles. The van der Waals surface area contributed by atoms with Crippen LogP contribution in [0.3, 0.4) is 0 Å². The van der Waals surface area contributed by atoms with Crippen LogP contribution in [0, 0.1) is 0 Å². The number of carbonyl (C=O) groups excluding carboxylic acids is 1. The molecule has 0 saturated carbocycles. The number of alkyl halides is 3. The highest BCUT2D eigenvalue weighted by Crippen LogP contribution is 2.29. The third kappa shape index (κ3) is 6.64. The fourth-order valence-corrected chi connectivity index (χ4v) is 2.66. The van der Waals surface area contributed by atoms with Gasteiger partial charge in [-0.1, -0.05) is 68.9 Å². The second-order valence-corrected chi connectivity index (χ2v) is 8.61. The molecular formula is C16H13BrCl3N3OS. The van der Waals surface area contributed by atoms with Crippen molar-refractivity contribution in [2.24, 2.45) is 0 Å². The minimum Gasteiger partial charge on any atom is -0.339 e. The van der Waals surface area contributed by atoms with Crippen molar-refractivity contribution in [3.63, 3.8) is 0 Å². The van der Waals surface area contributed by atoms with E-state index in [1.54, 1.807) is 30.3 Å². The van der Waals surface area contributed by atoms with Gasteiger partial charge in [-0.3, -0.25) is 4.79 Å². The zero-order valence-electron chi connectivity index (χ0n) is 12.6. The van der Waals surface area contributed by atoms with Crippen LogP contribution >= 0.6 is 63.0 Å². The van der Waals surface area contributed by atoms with Crippen LogP contribution < -0.4 is 16.0 Å². The number of nitrogens with one attached hydrogen (secondary N) is 3. The van der Waals surface area contributed by atoms with Crippen molar-refractivity contribution in [2.75, 3.05) is 5.32 Å². The first-order chi connectivity index (χ1) is 11.8. The molecule has 0 spiro atoms. The molecule has 0 aliphatic rings. The van der Waals surface area contributed by atoms with Crippen LogP contribution in [-0.2, 0) is 0 Å². The van der Waals surface area contributed by atoms with Crippen LogP contribution in [0.25, 0.3) is 0 Å². The number of rotatable bonds is 4. The summed E-state index contributed by atoms with van der Waals surface area (Å²) in [7, 11) is 0. The fourth-order valence-electron chi connectivity index (χ4n) is 1.84. The lowest BCUT2D eigenvalue weighted by Gasteiger charge is -2.27. The Morgan fingerprint density at radius 3 is 2.16 bits per heavy atom. The van der Waals surface area contributed by atoms with Gasteiger partial charge < -0.3 is 16.0 Å². The number of anilines is 1. The number of hydrogen-bond acceptors (Lipinski definition) is 2. The van der Waals surface area contributed by atoms with Gasteiger partial charge in [0, 0.05) is 15.7 Å². The van der Waals surface area contributed by atoms with E-state index in [9.17, 15) is 4.79 Å². The summed E-state index contributed by atoms with van der Waals surface area (Å²) < 4.78 is -0.873. The number of benzene rings is 2. The maximum absolute atomic E-state index is 12.3. The lowest BCUT2D eigenvalue weighted by atomic mass is 10.2. The van der Waals surface area contributed by atoms with Crippen LogP contribution in [0.1, 0.15) is 10.4 Å². The first kappa shape index (κ1) is 20.3. The van der Waals surface area contributed by atoms with Gasteiger partial charge in [0.2, 0.25) is 3.79 Å². The van der Waals surface area contributed by atoms with E-state index in [0.29, 0.717) is 5.56 Å². The number of carbonyl (C=O) groups is 1. The van der Waals surface area contributed by atoms with Crippen LogP contribution in [0.5, 0.6) is 0 Å².